The van der Waals surface area contributed by atoms with E-state index in [0.717, 1.165) is 0 Å². The Kier molecular flexibility index (Phi) is 2.53. The maximum Gasteiger partial charge on any atom is 0.262 e. The van der Waals surface area contributed by atoms with Crippen molar-refractivity contribution < 1.29 is 14.0 Å². The summed E-state index contributed by atoms with van der Waals surface area (Å²) in [6.45, 7) is 0. The molecule has 0 amide bonds. The zero-order chi connectivity index (χ0) is 12.5. The van der Waals surface area contributed by atoms with Crippen molar-refractivity contribution in [3.8, 4) is 28.6 Å². The molecular weight excluding hydrogens is 256 g/mol. The van der Waals surface area contributed by atoms with Crippen LogP contribution >= 0.6 is 11.6 Å². The van der Waals surface area contributed by atoms with Crippen LogP contribution in [-0.2, 0) is 0 Å². The van der Waals surface area contributed by atoms with Crippen molar-refractivity contribution in [3.63, 3.8) is 0 Å². The Labute approximate surface area is 107 Å². The second-order valence-corrected chi connectivity index (χ2v) is 4.03. The highest BCUT2D eigenvalue weighted by molar-refractivity contribution is 6.30. The number of benzene rings is 1. The summed E-state index contributed by atoms with van der Waals surface area (Å²) < 4.78 is 10.0. The van der Waals surface area contributed by atoms with Gasteiger partial charge in [-0.1, -0.05) is 16.8 Å². The highest BCUT2D eigenvalue weighted by Gasteiger charge is 2.14. The zero-order valence-corrected chi connectivity index (χ0v) is 9.76. The summed E-state index contributed by atoms with van der Waals surface area (Å²) in [6, 6.07) is 6.32. The molecule has 1 N–H and O–H groups in total. The molecule has 0 unspecified atom stereocenters. The molecular formula is C12H7ClN2O3. The van der Waals surface area contributed by atoms with E-state index in [1.165, 1.54) is 18.6 Å². The predicted molar refractivity (Wildman–Crippen MR) is 64.1 cm³/mol. The van der Waals surface area contributed by atoms with Gasteiger partial charge in [0.1, 0.15) is 12.0 Å². The highest BCUT2D eigenvalue weighted by Crippen LogP contribution is 2.31. The number of furan rings is 1. The lowest BCUT2D eigenvalue weighted by Gasteiger charge is -1.98. The minimum Gasteiger partial charge on any atom is -0.507 e. The number of aromatic nitrogens is 2. The largest absolute Gasteiger partial charge is 0.507 e. The summed E-state index contributed by atoms with van der Waals surface area (Å²) in [5.41, 5.74) is 1.09. The lowest BCUT2D eigenvalue weighted by Crippen LogP contribution is -1.80. The quantitative estimate of drug-likeness (QED) is 0.767. The normalized spacial score (nSPS) is 10.7. The molecule has 3 aromatic rings. The Morgan fingerprint density at radius 3 is 2.89 bits per heavy atom. The maximum absolute atomic E-state index is 9.72. The minimum absolute atomic E-state index is 0.0294. The third kappa shape index (κ3) is 1.84. The number of phenols is 1. The highest BCUT2D eigenvalue weighted by atomic mass is 35.5. The fraction of sp³-hybridized carbons (Fsp3) is 0. The van der Waals surface area contributed by atoms with Gasteiger partial charge in [-0.2, -0.15) is 4.98 Å². The van der Waals surface area contributed by atoms with E-state index in [0.29, 0.717) is 22.0 Å². The molecule has 5 nitrogen and oxygen atoms in total. The van der Waals surface area contributed by atoms with Gasteiger partial charge in [-0.25, -0.2) is 0 Å². The van der Waals surface area contributed by atoms with Crippen molar-refractivity contribution in [2.24, 2.45) is 0 Å². The van der Waals surface area contributed by atoms with Crippen LogP contribution in [0.3, 0.4) is 0 Å². The number of phenolic OH excluding ortho intramolecular Hbond substituents is 1. The summed E-state index contributed by atoms with van der Waals surface area (Å²) in [7, 11) is 0. The van der Waals surface area contributed by atoms with Crippen LogP contribution in [0.25, 0.3) is 22.8 Å². The SMILES string of the molecule is Oc1ccc(Cl)cc1-c1nc(-c2ccoc2)no1. The van der Waals surface area contributed by atoms with Crippen molar-refractivity contribution in [3.05, 3.63) is 41.8 Å². The van der Waals surface area contributed by atoms with Gasteiger partial charge in [-0.3, -0.25) is 0 Å². The Bertz CT molecular complexity index is 676. The molecule has 0 spiro atoms. The van der Waals surface area contributed by atoms with Gasteiger partial charge in [0.25, 0.3) is 5.89 Å². The Morgan fingerprint density at radius 1 is 1.22 bits per heavy atom. The van der Waals surface area contributed by atoms with Gasteiger partial charge in [0.2, 0.25) is 5.82 Å². The summed E-state index contributed by atoms with van der Waals surface area (Å²) in [5.74, 6) is 0.617. The molecule has 6 heteroatoms. The summed E-state index contributed by atoms with van der Waals surface area (Å²) in [4.78, 5) is 4.17. The van der Waals surface area contributed by atoms with Crippen LogP contribution in [0.2, 0.25) is 5.02 Å². The molecule has 0 fully saturated rings. The van der Waals surface area contributed by atoms with E-state index in [-0.39, 0.29) is 11.6 Å². The second-order valence-electron chi connectivity index (χ2n) is 3.60. The summed E-state index contributed by atoms with van der Waals surface area (Å²) in [5, 5.41) is 14.0. The van der Waals surface area contributed by atoms with Crippen molar-refractivity contribution >= 4 is 11.6 Å². The molecule has 2 aromatic heterocycles. The molecule has 90 valence electrons. The molecule has 2 heterocycles. The van der Waals surface area contributed by atoms with Crippen LogP contribution in [0, 0.1) is 0 Å². The third-order valence-corrected chi connectivity index (χ3v) is 2.63. The number of halogens is 1. The van der Waals surface area contributed by atoms with Gasteiger partial charge >= 0.3 is 0 Å². The molecule has 3 rings (SSSR count). The summed E-state index contributed by atoms with van der Waals surface area (Å²) in [6.07, 6.45) is 3.02. The van der Waals surface area contributed by atoms with Crippen LogP contribution in [0.4, 0.5) is 0 Å². The maximum atomic E-state index is 9.72. The van der Waals surface area contributed by atoms with E-state index in [2.05, 4.69) is 10.1 Å². The first kappa shape index (κ1) is 10.9. The molecule has 0 aliphatic carbocycles. The molecule has 0 atom stereocenters. The number of nitrogens with zero attached hydrogens (tertiary/aromatic N) is 2. The standard InChI is InChI=1S/C12H7ClN2O3/c13-8-1-2-10(16)9(5-8)12-14-11(15-18-12)7-3-4-17-6-7/h1-6,16H. The van der Waals surface area contributed by atoms with Gasteiger partial charge < -0.3 is 14.0 Å². The average Bonchev–Trinajstić information content (AvgIpc) is 3.00. The fourth-order valence-corrected chi connectivity index (χ4v) is 1.69. The lowest BCUT2D eigenvalue weighted by molar-refractivity contribution is 0.425. The van der Waals surface area contributed by atoms with E-state index >= 15 is 0 Å². The zero-order valence-electron chi connectivity index (χ0n) is 9.00. The molecule has 0 saturated heterocycles. The molecule has 0 radical (unpaired) electrons. The Balaban J connectivity index is 2.05. The monoisotopic (exact) mass is 262 g/mol. The molecule has 0 saturated carbocycles. The molecule has 1 aromatic carbocycles. The van der Waals surface area contributed by atoms with Crippen LogP contribution in [0.1, 0.15) is 0 Å². The number of hydrogen-bond donors (Lipinski definition) is 1. The van der Waals surface area contributed by atoms with Crippen molar-refractivity contribution in [1.82, 2.24) is 10.1 Å². The van der Waals surface area contributed by atoms with Crippen molar-refractivity contribution in [1.29, 1.82) is 0 Å². The van der Waals surface area contributed by atoms with Crippen LogP contribution in [0.5, 0.6) is 5.75 Å². The van der Waals surface area contributed by atoms with Gasteiger partial charge in [0.15, 0.2) is 0 Å². The van der Waals surface area contributed by atoms with Gasteiger partial charge in [-0.15, -0.1) is 0 Å². The van der Waals surface area contributed by atoms with Crippen molar-refractivity contribution in [2.75, 3.05) is 0 Å². The third-order valence-electron chi connectivity index (χ3n) is 2.39. The molecule has 18 heavy (non-hydrogen) atoms. The predicted octanol–water partition coefficient (Wildman–Crippen LogP) is 3.36. The average molecular weight is 263 g/mol. The van der Waals surface area contributed by atoms with E-state index in [1.807, 2.05) is 0 Å². The van der Waals surface area contributed by atoms with Crippen LogP contribution in [-0.4, -0.2) is 15.2 Å². The lowest BCUT2D eigenvalue weighted by atomic mass is 10.2. The van der Waals surface area contributed by atoms with Crippen LogP contribution in [0.15, 0.2) is 45.7 Å². The number of hydrogen-bond acceptors (Lipinski definition) is 5. The van der Waals surface area contributed by atoms with E-state index < -0.39 is 0 Å². The van der Waals surface area contributed by atoms with E-state index in [9.17, 15) is 5.11 Å². The minimum atomic E-state index is 0.0294. The van der Waals surface area contributed by atoms with Gasteiger partial charge in [-0.05, 0) is 24.3 Å². The first-order chi connectivity index (χ1) is 8.74. The van der Waals surface area contributed by atoms with Crippen molar-refractivity contribution in [2.45, 2.75) is 0 Å². The van der Waals surface area contributed by atoms with Gasteiger partial charge in [0, 0.05) is 5.02 Å². The molecule has 0 aliphatic heterocycles. The smallest absolute Gasteiger partial charge is 0.262 e. The van der Waals surface area contributed by atoms with Crippen LogP contribution < -0.4 is 0 Å². The summed E-state index contributed by atoms with van der Waals surface area (Å²) >= 11 is 5.86. The number of aromatic hydroxyl groups is 1. The fourth-order valence-electron chi connectivity index (χ4n) is 1.52. The first-order valence-corrected chi connectivity index (χ1v) is 5.47. The number of rotatable bonds is 2. The Morgan fingerprint density at radius 2 is 2.11 bits per heavy atom. The van der Waals surface area contributed by atoms with Gasteiger partial charge in [0.05, 0.1) is 17.4 Å². The second kappa shape index (κ2) is 4.19. The van der Waals surface area contributed by atoms with E-state index in [1.54, 1.807) is 18.2 Å². The molecule has 0 aliphatic rings. The molecule has 0 bridgehead atoms. The first-order valence-electron chi connectivity index (χ1n) is 5.09. The van der Waals surface area contributed by atoms with E-state index in [4.69, 9.17) is 20.5 Å². The Hall–Kier alpha value is -2.27. The topological polar surface area (TPSA) is 72.3 Å².